The molecule has 0 atom stereocenters. The van der Waals surface area contributed by atoms with E-state index in [-0.39, 0.29) is 35.3 Å². The Labute approximate surface area is 123 Å². The number of anilines is 1. The maximum Gasteiger partial charge on any atom is 0.516 e. The molecule has 1 N–H and O–H groups in total. The van der Waals surface area contributed by atoms with Gasteiger partial charge in [0.05, 0.1) is 11.4 Å². The number of alkyl halides is 3. The zero-order valence-corrected chi connectivity index (χ0v) is 12.2. The number of halogens is 3. The molecule has 1 aromatic rings. The average Bonchev–Trinajstić information content (AvgIpc) is 2.83. The molecule has 22 heavy (non-hydrogen) atoms. The number of sulfonamides is 1. The molecule has 0 unspecified atom stereocenters. The number of ether oxygens (including phenoxy) is 2. The smallest absolute Gasteiger partial charge is 0.454 e. The summed E-state index contributed by atoms with van der Waals surface area (Å²) in [4.78, 5) is 4.55. The molecular weight excluding hydrogens is 329 g/mol. The maximum absolute atomic E-state index is 12.5. The van der Waals surface area contributed by atoms with Gasteiger partial charge >= 0.3 is 15.5 Å². The van der Waals surface area contributed by atoms with E-state index < -0.39 is 15.5 Å². The Morgan fingerprint density at radius 3 is 2.45 bits per heavy atom. The third kappa shape index (κ3) is 3.03. The van der Waals surface area contributed by atoms with Crippen molar-refractivity contribution in [3.05, 3.63) is 17.7 Å². The second-order valence-corrected chi connectivity index (χ2v) is 5.84. The largest absolute Gasteiger partial charge is 0.516 e. The molecule has 0 radical (unpaired) electrons. The molecule has 122 valence electrons. The van der Waals surface area contributed by atoms with Crippen molar-refractivity contribution in [2.24, 2.45) is 5.16 Å². The van der Waals surface area contributed by atoms with Crippen LogP contribution in [0, 0.1) is 0 Å². The van der Waals surface area contributed by atoms with E-state index in [0.717, 1.165) is 6.07 Å². The molecule has 0 amide bonds. The van der Waals surface area contributed by atoms with Gasteiger partial charge in [0.15, 0.2) is 11.5 Å². The van der Waals surface area contributed by atoms with E-state index in [1.165, 1.54) is 24.8 Å². The fourth-order valence-corrected chi connectivity index (χ4v) is 2.29. The highest BCUT2D eigenvalue weighted by atomic mass is 32.2. The van der Waals surface area contributed by atoms with Crippen LogP contribution in [0.3, 0.4) is 0 Å². The van der Waals surface area contributed by atoms with Gasteiger partial charge < -0.3 is 14.3 Å². The van der Waals surface area contributed by atoms with Crippen molar-refractivity contribution in [1.29, 1.82) is 0 Å². The van der Waals surface area contributed by atoms with Gasteiger partial charge in [-0.05, 0) is 13.0 Å². The van der Waals surface area contributed by atoms with Crippen molar-refractivity contribution in [3.63, 3.8) is 0 Å². The summed E-state index contributed by atoms with van der Waals surface area (Å²) in [6.07, 6.45) is 0. The van der Waals surface area contributed by atoms with Crippen LogP contribution in [0.1, 0.15) is 12.5 Å². The molecule has 0 bridgehead atoms. The van der Waals surface area contributed by atoms with Crippen molar-refractivity contribution < 1.29 is 35.9 Å². The van der Waals surface area contributed by atoms with E-state index in [4.69, 9.17) is 9.47 Å². The zero-order valence-electron chi connectivity index (χ0n) is 11.4. The first kappa shape index (κ1) is 16.2. The van der Waals surface area contributed by atoms with Crippen LogP contribution in [0.5, 0.6) is 11.5 Å². The van der Waals surface area contributed by atoms with Crippen molar-refractivity contribution in [3.8, 4) is 11.5 Å². The maximum atomic E-state index is 12.5. The van der Waals surface area contributed by atoms with Crippen LogP contribution in [0.25, 0.3) is 0 Å². The predicted molar refractivity (Wildman–Crippen MR) is 70.4 cm³/mol. The Bertz CT molecular complexity index is 715. The Hall–Kier alpha value is -2.17. The molecule has 0 saturated carbocycles. The van der Waals surface area contributed by atoms with Gasteiger partial charge in [-0.25, -0.2) is 0 Å². The number of benzene rings is 1. The van der Waals surface area contributed by atoms with Crippen LogP contribution in [0.4, 0.5) is 18.9 Å². The molecule has 1 aliphatic heterocycles. The molecule has 0 aliphatic carbocycles. The number of hydrogen-bond acceptors (Lipinski definition) is 6. The van der Waals surface area contributed by atoms with E-state index >= 15 is 0 Å². The number of hydrogen-bond donors (Lipinski definition) is 1. The van der Waals surface area contributed by atoms with E-state index in [9.17, 15) is 21.6 Å². The van der Waals surface area contributed by atoms with Gasteiger partial charge in [-0.2, -0.15) is 21.6 Å². The fraction of sp³-hybridized carbons (Fsp3) is 0.364. The third-order valence-electron chi connectivity index (χ3n) is 2.68. The van der Waals surface area contributed by atoms with Gasteiger partial charge in [0.25, 0.3) is 0 Å². The fourth-order valence-electron chi connectivity index (χ4n) is 1.71. The Morgan fingerprint density at radius 2 is 1.91 bits per heavy atom. The van der Waals surface area contributed by atoms with Gasteiger partial charge in [-0.1, -0.05) is 5.16 Å². The normalized spacial score (nSPS) is 14.9. The van der Waals surface area contributed by atoms with Gasteiger partial charge in [0.1, 0.15) is 7.11 Å². The minimum atomic E-state index is -5.58. The zero-order chi connectivity index (χ0) is 16.5. The summed E-state index contributed by atoms with van der Waals surface area (Å²) in [5.41, 5.74) is -5.58. The Morgan fingerprint density at radius 1 is 1.32 bits per heavy atom. The van der Waals surface area contributed by atoms with Crippen LogP contribution in [0.15, 0.2) is 17.3 Å². The quantitative estimate of drug-likeness (QED) is 0.670. The van der Waals surface area contributed by atoms with E-state index in [1.54, 1.807) is 0 Å². The molecule has 1 aliphatic rings. The van der Waals surface area contributed by atoms with Crippen LogP contribution in [-0.2, 0) is 14.9 Å². The van der Waals surface area contributed by atoms with Gasteiger partial charge in [-0.15, -0.1) is 0 Å². The molecule has 2 rings (SSSR count). The van der Waals surface area contributed by atoms with E-state index in [2.05, 4.69) is 9.99 Å². The van der Waals surface area contributed by atoms with Crippen LogP contribution < -0.4 is 14.2 Å². The molecule has 1 aromatic carbocycles. The highest BCUT2D eigenvalue weighted by molar-refractivity contribution is 7.93. The molecule has 1 heterocycles. The average molecular weight is 340 g/mol. The van der Waals surface area contributed by atoms with Crippen LogP contribution in [0.2, 0.25) is 0 Å². The third-order valence-corrected chi connectivity index (χ3v) is 3.78. The first-order valence-corrected chi connectivity index (χ1v) is 7.25. The van der Waals surface area contributed by atoms with Crippen LogP contribution >= 0.6 is 0 Å². The molecular formula is C11H11F3N2O5S. The lowest BCUT2D eigenvalue weighted by Crippen LogP contribution is -2.30. The Kier molecular flexibility index (Phi) is 4.09. The van der Waals surface area contributed by atoms with Crippen molar-refractivity contribution in [2.45, 2.75) is 12.4 Å². The summed E-state index contributed by atoms with van der Waals surface area (Å²) in [6, 6.07) is 2.41. The lowest BCUT2D eigenvalue weighted by Gasteiger charge is -2.14. The molecule has 11 heteroatoms. The second-order valence-electron chi connectivity index (χ2n) is 4.16. The summed E-state index contributed by atoms with van der Waals surface area (Å²) >= 11 is 0. The summed E-state index contributed by atoms with van der Waals surface area (Å²) in [7, 11) is -4.34. The van der Waals surface area contributed by atoms with Crippen molar-refractivity contribution >= 4 is 21.4 Å². The molecule has 0 aromatic heterocycles. The molecule has 0 spiro atoms. The summed E-state index contributed by atoms with van der Waals surface area (Å²) in [6.45, 7) is 1.32. The number of nitrogens with one attached hydrogen (secondary N) is 1. The van der Waals surface area contributed by atoms with E-state index in [1.807, 2.05) is 0 Å². The molecule has 0 fully saturated rings. The number of oxime groups is 1. The van der Waals surface area contributed by atoms with Crippen molar-refractivity contribution in [1.82, 2.24) is 0 Å². The first-order valence-electron chi connectivity index (χ1n) is 5.76. The minimum absolute atomic E-state index is 0.0684. The summed E-state index contributed by atoms with van der Waals surface area (Å²) in [5, 5.41) is 3.58. The standard InChI is InChI=1S/C11H11F3N2O5S/c1-6(15-19-2)7-3-9-10(21-5-20-9)4-8(7)16-22(17,18)11(12,13)14/h3-4,16H,5H2,1-2H3. The monoisotopic (exact) mass is 340 g/mol. The molecule has 7 nitrogen and oxygen atoms in total. The first-order chi connectivity index (χ1) is 10.2. The SMILES string of the molecule is CON=C(C)c1cc2c(cc1NS(=O)(=O)C(F)(F)F)OCO2. The number of rotatable bonds is 4. The highest BCUT2D eigenvalue weighted by Crippen LogP contribution is 2.38. The second kappa shape index (κ2) is 5.55. The van der Waals surface area contributed by atoms with Crippen LogP contribution in [-0.4, -0.2) is 33.5 Å². The summed E-state index contributed by atoms with van der Waals surface area (Å²) in [5.74, 6) is 0.379. The summed E-state index contributed by atoms with van der Waals surface area (Å²) < 4.78 is 71.7. The highest BCUT2D eigenvalue weighted by Gasteiger charge is 2.46. The lowest BCUT2D eigenvalue weighted by molar-refractivity contribution is -0.0429. The Balaban J connectivity index is 2.52. The van der Waals surface area contributed by atoms with E-state index in [0.29, 0.717) is 0 Å². The lowest BCUT2D eigenvalue weighted by atomic mass is 10.1. The van der Waals surface area contributed by atoms with Gasteiger partial charge in [-0.3, -0.25) is 4.72 Å². The van der Waals surface area contributed by atoms with Gasteiger partial charge in [0, 0.05) is 11.6 Å². The molecule has 0 saturated heterocycles. The minimum Gasteiger partial charge on any atom is -0.454 e. The number of nitrogens with zero attached hydrogens (tertiary/aromatic N) is 1. The predicted octanol–water partition coefficient (Wildman–Crippen LogP) is 2.05. The van der Waals surface area contributed by atoms with Crippen molar-refractivity contribution in [2.75, 3.05) is 18.6 Å². The van der Waals surface area contributed by atoms with Gasteiger partial charge in [0.2, 0.25) is 6.79 Å². The number of fused-ring (bicyclic) bond motifs is 1. The topological polar surface area (TPSA) is 86.2 Å².